The topological polar surface area (TPSA) is 80.9 Å². The summed E-state index contributed by atoms with van der Waals surface area (Å²) >= 11 is 6.09. The van der Waals surface area contributed by atoms with Gasteiger partial charge in [0.15, 0.2) is 0 Å². The summed E-state index contributed by atoms with van der Waals surface area (Å²) in [6, 6.07) is 5.24. The Balaban J connectivity index is 1.70. The van der Waals surface area contributed by atoms with Gasteiger partial charge >= 0.3 is 0 Å². The van der Waals surface area contributed by atoms with Crippen molar-refractivity contribution in [2.75, 3.05) is 18.4 Å². The van der Waals surface area contributed by atoms with E-state index in [2.05, 4.69) is 20.5 Å². The number of carbonyl (C=O) groups excluding carboxylic acids is 1. The minimum atomic E-state index is -0.126. The average molecular weight is 374 g/mol. The van der Waals surface area contributed by atoms with Crippen molar-refractivity contribution >= 4 is 23.2 Å². The number of anilines is 1. The van der Waals surface area contributed by atoms with Gasteiger partial charge < -0.3 is 5.32 Å². The predicted octanol–water partition coefficient (Wildman–Crippen LogP) is 2.11. The summed E-state index contributed by atoms with van der Waals surface area (Å²) in [6.07, 6.45) is 6.76. The second-order valence-electron chi connectivity index (χ2n) is 5.88. The van der Waals surface area contributed by atoms with Crippen LogP contribution in [-0.4, -0.2) is 48.4 Å². The third-order valence-electron chi connectivity index (χ3n) is 3.88. The number of benzene rings is 1. The molecule has 0 fully saturated rings. The van der Waals surface area contributed by atoms with Crippen LogP contribution >= 0.6 is 11.6 Å². The molecule has 1 amide bonds. The van der Waals surface area contributed by atoms with Crippen molar-refractivity contribution in [2.24, 2.45) is 7.05 Å². The SMILES string of the molecule is CCN(CC(=O)Nc1cc(Cl)ccc1-n1cncn1)Cc1cnn(C)c1. The Kier molecular flexibility index (Phi) is 5.65. The van der Waals surface area contributed by atoms with Gasteiger partial charge in [-0.25, -0.2) is 9.67 Å². The van der Waals surface area contributed by atoms with Crippen molar-refractivity contribution in [1.82, 2.24) is 29.4 Å². The van der Waals surface area contributed by atoms with Gasteiger partial charge in [-0.15, -0.1) is 0 Å². The molecule has 136 valence electrons. The van der Waals surface area contributed by atoms with Crippen molar-refractivity contribution in [3.8, 4) is 5.69 Å². The molecule has 0 aliphatic heterocycles. The highest BCUT2D eigenvalue weighted by Crippen LogP contribution is 2.24. The fourth-order valence-electron chi connectivity index (χ4n) is 2.62. The number of rotatable bonds is 7. The highest BCUT2D eigenvalue weighted by Gasteiger charge is 2.14. The fourth-order valence-corrected chi connectivity index (χ4v) is 2.80. The van der Waals surface area contributed by atoms with E-state index >= 15 is 0 Å². The minimum absolute atomic E-state index is 0.126. The molecule has 0 aliphatic carbocycles. The van der Waals surface area contributed by atoms with E-state index in [-0.39, 0.29) is 12.5 Å². The fraction of sp³-hybridized carbons (Fsp3) is 0.294. The number of likely N-dealkylation sites (N-methyl/N-ethyl adjacent to an activating group) is 1. The number of aryl methyl sites for hydroxylation is 1. The van der Waals surface area contributed by atoms with E-state index in [1.165, 1.54) is 6.33 Å². The number of amides is 1. The number of halogens is 1. The van der Waals surface area contributed by atoms with E-state index in [4.69, 9.17) is 11.6 Å². The third kappa shape index (κ3) is 4.47. The van der Waals surface area contributed by atoms with Crippen LogP contribution in [0.1, 0.15) is 12.5 Å². The summed E-state index contributed by atoms with van der Waals surface area (Å²) in [5, 5.41) is 11.7. The number of hydrogen-bond acceptors (Lipinski definition) is 5. The van der Waals surface area contributed by atoms with Crippen molar-refractivity contribution in [3.63, 3.8) is 0 Å². The summed E-state index contributed by atoms with van der Waals surface area (Å²) in [5.74, 6) is -0.126. The lowest BCUT2D eigenvalue weighted by Crippen LogP contribution is -2.33. The molecule has 8 nitrogen and oxygen atoms in total. The zero-order valence-electron chi connectivity index (χ0n) is 14.6. The van der Waals surface area contributed by atoms with Crippen molar-refractivity contribution < 1.29 is 4.79 Å². The molecule has 0 saturated heterocycles. The van der Waals surface area contributed by atoms with Gasteiger partial charge in [0, 0.05) is 30.4 Å². The maximum atomic E-state index is 12.5. The molecule has 0 radical (unpaired) electrons. The Bertz CT molecular complexity index is 875. The molecule has 26 heavy (non-hydrogen) atoms. The molecule has 1 aromatic carbocycles. The van der Waals surface area contributed by atoms with Crippen LogP contribution in [-0.2, 0) is 18.4 Å². The number of aromatic nitrogens is 5. The zero-order valence-corrected chi connectivity index (χ0v) is 15.4. The summed E-state index contributed by atoms with van der Waals surface area (Å²) in [4.78, 5) is 18.5. The Hall–Kier alpha value is -2.71. The molecule has 9 heteroatoms. The van der Waals surface area contributed by atoms with E-state index < -0.39 is 0 Å². The molecule has 3 rings (SSSR count). The molecule has 0 spiro atoms. The first-order chi connectivity index (χ1) is 12.5. The molecular formula is C17H20ClN7O. The van der Waals surface area contributed by atoms with Gasteiger partial charge in [0.1, 0.15) is 12.7 Å². The van der Waals surface area contributed by atoms with E-state index in [1.807, 2.05) is 25.1 Å². The first kappa shape index (κ1) is 18.1. The molecule has 0 bridgehead atoms. The molecule has 0 atom stereocenters. The Morgan fingerprint density at radius 2 is 2.19 bits per heavy atom. The maximum Gasteiger partial charge on any atom is 0.238 e. The normalized spacial score (nSPS) is 11.1. The van der Waals surface area contributed by atoms with Crippen LogP contribution in [0.25, 0.3) is 5.69 Å². The highest BCUT2D eigenvalue weighted by molar-refractivity contribution is 6.31. The van der Waals surface area contributed by atoms with E-state index in [9.17, 15) is 4.79 Å². The van der Waals surface area contributed by atoms with Crippen LogP contribution in [0.15, 0.2) is 43.2 Å². The molecule has 0 saturated carbocycles. The lowest BCUT2D eigenvalue weighted by Gasteiger charge is -2.19. The Morgan fingerprint density at radius 3 is 2.85 bits per heavy atom. The lowest BCUT2D eigenvalue weighted by atomic mass is 10.2. The smallest absolute Gasteiger partial charge is 0.238 e. The van der Waals surface area contributed by atoms with Gasteiger partial charge in [0.05, 0.1) is 24.1 Å². The molecule has 0 unspecified atom stereocenters. The van der Waals surface area contributed by atoms with Gasteiger partial charge in [0.2, 0.25) is 5.91 Å². The van der Waals surface area contributed by atoms with Crippen LogP contribution in [0, 0.1) is 0 Å². The number of nitrogens with one attached hydrogen (secondary N) is 1. The summed E-state index contributed by atoms with van der Waals surface area (Å²) in [5.41, 5.74) is 2.36. The molecule has 2 aromatic heterocycles. The first-order valence-electron chi connectivity index (χ1n) is 8.19. The Labute approximate surface area is 156 Å². The molecule has 0 aliphatic rings. The van der Waals surface area contributed by atoms with Gasteiger partial charge in [0.25, 0.3) is 0 Å². The summed E-state index contributed by atoms with van der Waals surface area (Å²) in [6.45, 7) is 3.68. The van der Waals surface area contributed by atoms with Crippen LogP contribution in [0.2, 0.25) is 5.02 Å². The first-order valence-corrected chi connectivity index (χ1v) is 8.57. The number of hydrogen-bond donors (Lipinski definition) is 1. The highest BCUT2D eigenvalue weighted by atomic mass is 35.5. The number of nitrogens with zero attached hydrogens (tertiary/aromatic N) is 6. The predicted molar refractivity (Wildman–Crippen MR) is 99.2 cm³/mol. The van der Waals surface area contributed by atoms with E-state index in [0.29, 0.717) is 22.9 Å². The van der Waals surface area contributed by atoms with Crippen LogP contribution in [0.4, 0.5) is 5.69 Å². The Morgan fingerprint density at radius 1 is 1.35 bits per heavy atom. The third-order valence-corrected chi connectivity index (χ3v) is 4.11. The molecular weight excluding hydrogens is 354 g/mol. The monoisotopic (exact) mass is 373 g/mol. The van der Waals surface area contributed by atoms with Gasteiger partial charge in [-0.2, -0.15) is 10.2 Å². The standard InChI is InChI=1S/C17H20ClN7O/c1-3-24(9-13-7-20-23(2)8-13)10-17(26)22-15-6-14(18)4-5-16(15)25-12-19-11-21-25/h4-8,11-12H,3,9-10H2,1-2H3,(H,22,26). The van der Waals surface area contributed by atoms with Gasteiger partial charge in [-0.3, -0.25) is 14.4 Å². The molecule has 3 aromatic rings. The second kappa shape index (κ2) is 8.11. The summed E-state index contributed by atoms with van der Waals surface area (Å²) in [7, 11) is 1.87. The molecule has 2 heterocycles. The van der Waals surface area contributed by atoms with Crippen molar-refractivity contribution in [1.29, 1.82) is 0 Å². The molecule has 1 N–H and O–H groups in total. The van der Waals surface area contributed by atoms with Crippen molar-refractivity contribution in [2.45, 2.75) is 13.5 Å². The summed E-state index contributed by atoms with van der Waals surface area (Å²) < 4.78 is 3.33. The average Bonchev–Trinajstić information content (AvgIpc) is 3.26. The zero-order chi connectivity index (χ0) is 18.5. The van der Waals surface area contributed by atoms with Gasteiger partial charge in [-0.1, -0.05) is 18.5 Å². The van der Waals surface area contributed by atoms with Crippen LogP contribution in [0.5, 0.6) is 0 Å². The lowest BCUT2D eigenvalue weighted by molar-refractivity contribution is -0.117. The second-order valence-corrected chi connectivity index (χ2v) is 6.31. The van der Waals surface area contributed by atoms with Gasteiger partial charge in [-0.05, 0) is 24.7 Å². The minimum Gasteiger partial charge on any atom is -0.323 e. The number of carbonyl (C=O) groups is 1. The van der Waals surface area contributed by atoms with E-state index in [1.54, 1.807) is 40.1 Å². The van der Waals surface area contributed by atoms with Crippen LogP contribution in [0.3, 0.4) is 0 Å². The van der Waals surface area contributed by atoms with Crippen LogP contribution < -0.4 is 5.32 Å². The largest absolute Gasteiger partial charge is 0.323 e. The quantitative estimate of drug-likeness (QED) is 0.686. The maximum absolute atomic E-state index is 12.5. The van der Waals surface area contributed by atoms with Crippen molar-refractivity contribution in [3.05, 3.63) is 53.8 Å². The van der Waals surface area contributed by atoms with E-state index in [0.717, 1.165) is 12.1 Å².